The summed E-state index contributed by atoms with van der Waals surface area (Å²) in [5.41, 5.74) is 0. The van der Waals surface area contributed by atoms with Crippen molar-refractivity contribution in [3.63, 3.8) is 0 Å². The number of aliphatic hydroxyl groups excluding tert-OH is 1. The quantitative estimate of drug-likeness (QED) is 0.847. The van der Waals surface area contributed by atoms with Crippen LogP contribution < -0.4 is 9.46 Å². The van der Waals surface area contributed by atoms with Crippen LogP contribution >= 0.6 is 0 Å². The normalized spacial score (nSPS) is 14.2. The van der Waals surface area contributed by atoms with E-state index in [1.54, 1.807) is 4.72 Å². The van der Waals surface area contributed by atoms with E-state index in [1.165, 1.54) is 25.3 Å². The van der Waals surface area contributed by atoms with Crippen molar-refractivity contribution in [3.8, 4) is 5.75 Å². The zero-order valence-electron chi connectivity index (χ0n) is 9.81. The maximum Gasteiger partial charge on any atom is 0.415 e. The van der Waals surface area contributed by atoms with Gasteiger partial charge in [-0.15, -0.1) is 0 Å². The van der Waals surface area contributed by atoms with E-state index in [2.05, 4.69) is 0 Å². The lowest BCUT2D eigenvalue weighted by Crippen LogP contribution is -2.40. The molecule has 1 atom stereocenters. The minimum atomic E-state index is -4.88. The van der Waals surface area contributed by atoms with Crippen LogP contribution in [0.2, 0.25) is 0 Å². The molecule has 19 heavy (non-hydrogen) atoms. The van der Waals surface area contributed by atoms with E-state index in [9.17, 15) is 21.6 Å². The van der Waals surface area contributed by atoms with Gasteiger partial charge in [-0.25, -0.2) is 13.1 Å². The van der Waals surface area contributed by atoms with Crippen LogP contribution in [0.3, 0.4) is 0 Å². The average molecular weight is 299 g/mol. The Labute approximate surface area is 108 Å². The van der Waals surface area contributed by atoms with E-state index in [4.69, 9.17) is 9.84 Å². The minimum absolute atomic E-state index is 0.249. The molecule has 5 nitrogen and oxygen atoms in total. The number of halogens is 3. The Morgan fingerprint density at radius 2 is 2.05 bits per heavy atom. The summed E-state index contributed by atoms with van der Waals surface area (Å²) in [6.45, 7) is -1.15. The first-order chi connectivity index (χ1) is 8.66. The summed E-state index contributed by atoms with van der Waals surface area (Å²) >= 11 is 0. The lowest BCUT2D eigenvalue weighted by atomic mass is 10.3. The standard InChI is InChI=1S/C10H12F3NO4S/c1-18-7-3-2-4-8(5-7)19(16,17)14-6-9(15)10(11,12)13/h2-5,9,14-15H,6H2,1H3. The zero-order chi connectivity index (χ0) is 14.7. The Morgan fingerprint density at radius 3 is 2.58 bits per heavy atom. The fourth-order valence-corrected chi connectivity index (χ4v) is 2.23. The molecule has 2 N–H and O–H groups in total. The molecule has 0 spiro atoms. The lowest BCUT2D eigenvalue weighted by Gasteiger charge is -2.15. The fraction of sp³-hybridized carbons (Fsp3) is 0.400. The van der Waals surface area contributed by atoms with Gasteiger partial charge in [0.05, 0.1) is 12.0 Å². The van der Waals surface area contributed by atoms with Crippen molar-refractivity contribution < 1.29 is 31.4 Å². The van der Waals surface area contributed by atoms with Gasteiger partial charge in [-0.2, -0.15) is 13.2 Å². The SMILES string of the molecule is COc1cccc(S(=O)(=O)NCC(O)C(F)(F)F)c1. The number of benzene rings is 1. The van der Waals surface area contributed by atoms with Crippen LogP contribution in [0.4, 0.5) is 13.2 Å². The van der Waals surface area contributed by atoms with E-state index in [-0.39, 0.29) is 10.6 Å². The molecule has 1 rings (SSSR count). The van der Waals surface area contributed by atoms with Crippen LogP contribution in [-0.2, 0) is 10.0 Å². The topological polar surface area (TPSA) is 75.6 Å². The van der Waals surface area contributed by atoms with Crippen LogP contribution in [0.25, 0.3) is 0 Å². The molecule has 0 fully saturated rings. The highest BCUT2D eigenvalue weighted by molar-refractivity contribution is 7.89. The molecule has 0 heterocycles. The van der Waals surface area contributed by atoms with Crippen molar-refractivity contribution in [2.45, 2.75) is 17.2 Å². The van der Waals surface area contributed by atoms with Gasteiger partial charge in [0.25, 0.3) is 0 Å². The summed E-state index contributed by atoms with van der Waals surface area (Å²) in [6.07, 6.45) is -7.63. The van der Waals surface area contributed by atoms with Gasteiger partial charge in [-0.1, -0.05) is 6.07 Å². The van der Waals surface area contributed by atoms with Crippen LogP contribution in [0.1, 0.15) is 0 Å². The summed E-state index contributed by atoms with van der Waals surface area (Å²) in [5.74, 6) is 0.249. The number of aliphatic hydroxyl groups is 1. The predicted molar refractivity (Wildman–Crippen MR) is 60.2 cm³/mol. The average Bonchev–Trinajstić information content (AvgIpc) is 2.35. The maximum absolute atomic E-state index is 12.0. The van der Waals surface area contributed by atoms with Crippen LogP contribution in [0.15, 0.2) is 29.2 Å². The van der Waals surface area contributed by atoms with Crippen LogP contribution in [0, 0.1) is 0 Å². The van der Waals surface area contributed by atoms with Gasteiger partial charge in [-0.05, 0) is 12.1 Å². The summed E-state index contributed by atoms with van der Waals surface area (Å²) in [4.78, 5) is -0.249. The van der Waals surface area contributed by atoms with Crippen LogP contribution in [0.5, 0.6) is 5.75 Å². The van der Waals surface area contributed by atoms with Crippen molar-refractivity contribution in [2.75, 3.05) is 13.7 Å². The van der Waals surface area contributed by atoms with Crippen LogP contribution in [-0.4, -0.2) is 39.5 Å². The number of alkyl halides is 3. The number of sulfonamides is 1. The predicted octanol–water partition coefficient (Wildman–Crippen LogP) is 0.897. The smallest absolute Gasteiger partial charge is 0.415 e. The molecule has 9 heteroatoms. The van der Waals surface area contributed by atoms with Gasteiger partial charge in [0.1, 0.15) is 5.75 Å². The summed E-state index contributed by atoms with van der Waals surface area (Å²) < 4.78 is 66.0. The molecular formula is C10H12F3NO4S. The molecule has 0 aromatic heterocycles. The molecule has 0 saturated heterocycles. The lowest BCUT2D eigenvalue weighted by molar-refractivity contribution is -0.200. The van der Waals surface area contributed by atoms with E-state index in [1.807, 2.05) is 0 Å². The molecule has 0 aliphatic heterocycles. The zero-order valence-corrected chi connectivity index (χ0v) is 10.6. The van der Waals surface area contributed by atoms with Crippen molar-refractivity contribution >= 4 is 10.0 Å². The number of methoxy groups -OCH3 is 1. The number of rotatable bonds is 5. The molecular weight excluding hydrogens is 287 g/mol. The number of ether oxygens (including phenoxy) is 1. The second-order valence-electron chi connectivity index (χ2n) is 3.59. The Kier molecular flexibility index (Phi) is 4.77. The third-order valence-electron chi connectivity index (χ3n) is 2.20. The Morgan fingerprint density at radius 1 is 1.42 bits per heavy atom. The largest absolute Gasteiger partial charge is 0.497 e. The minimum Gasteiger partial charge on any atom is -0.497 e. The molecule has 0 aliphatic carbocycles. The van der Waals surface area contributed by atoms with E-state index in [0.29, 0.717) is 0 Å². The first-order valence-electron chi connectivity index (χ1n) is 5.05. The Balaban J connectivity index is 2.81. The van der Waals surface area contributed by atoms with E-state index < -0.39 is 28.8 Å². The van der Waals surface area contributed by atoms with Gasteiger partial charge >= 0.3 is 6.18 Å². The fourth-order valence-electron chi connectivity index (χ4n) is 1.16. The first-order valence-corrected chi connectivity index (χ1v) is 6.53. The third-order valence-corrected chi connectivity index (χ3v) is 3.62. The second kappa shape index (κ2) is 5.76. The molecule has 0 amide bonds. The Bertz CT molecular complexity index is 530. The number of hydrogen-bond acceptors (Lipinski definition) is 4. The molecule has 0 bridgehead atoms. The second-order valence-corrected chi connectivity index (χ2v) is 5.36. The molecule has 0 saturated carbocycles. The van der Waals surface area contributed by atoms with Crippen molar-refractivity contribution in [2.24, 2.45) is 0 Å². The first kappa shape index (κ1) is 15.7. The summed E-state index contributed by atoms with van der Waals surface area (Å²) in [7, 11) is -2.81. The summed E-state index contributed by atoms with van der Waals surface area (Å²) in [5, 5.41) is 8.72. The molecule has 108 valence electrons. The van der Waals surface area contributed by atoms with Gasteiger partial charge in [0, 0.05) is 12.6 Å². The van der Waals surface area contributed by atoms with Gasteiger partial charge in [-0.3, -0.25) is 0 Å². The number of nitrogens with one attached hydrogen (secondary N) is 1. The highest BCUT2D eigenvalue weighted by Crippen LogP contribution is 2.20. The molecule has 0 radical (unpaired) electrons. The number of hydrogen-bond donors (Lipinski definition) is 2. The van der Waals surface area contributed by atoms with Crippen molar-refractivity contribution in [1.29, 1.82) is 0 Å². The van der Waals surface area contributed by atoms with E-state index in [0.717, 1.165) is 6.07 Å². The maximum atomic E-state index is 12.0. The van der Waals surface area contributed by atoms with Gasteiger partial charge in [0.2, 0.25) is 10.0 Å². The molecule has 0 aliphatic rings. The molecule has 1 aromatic rings. The van der Waals surface area contributed by atoms with Crippen molar-refractivity contribution in [3.05, 3.63) is 24.3 Å². The van der Waals surface area contributed by atoms with Gasteiger partial charge in [0.15, 0.2) is 6.10 Å². The molecule has 1 unspecified atom stereocenters. The highest BCUT2D eigenvalue weighted by Gasteiger charge is 2.38. The summed E-state index contributed by atoms with van der Waals surface area (Å²) in [6, 6.07) is 5.23. The molecule has 1 aromatic carbocycles. The highest BCUT2D eigenvalue weighted by atomic mass is 32.2. The Hall–Kier alpha value is -1.32. The van der Waals surface area contributed by atoms with Crippen molar-refractivity contribution in [1.82, 2.24) is 4.72 Å². The van der Waals surface area contributed by atoms with Gasteiger partial charge < -0.3 is 9.84 Å². The monoisotopic (exact) mass is 299 g/mol. The van der Waals surface area contributed by atoms with E-state index >= 15 is 0 Å². The third kappa shape index (κ3) is 4.37.